The summed E-state index contributed by atoms with van der Waals surface area (Å²) < 4.78 is 0. The van der Waals surface area contributed by atoms with Crippen LogP contribution in [0.4, 0.5) is 0 Å². The maximum absolute atomic E-state index is 11.1. The van der Waals surface area contributed by atoms with E-state index in [1.165, 1.54) is 0 Å². The lowest BCUT2D eigenvalue weighted by Crippen LogP contribution is -2.33. The van der Waals surface area contributed by atoms with Crippen LogP contribution in [0.5, 0.6) is 0 Å². The molecule has 1 unspecified atom stereocenters. The van der Waals surface area contributed by atoms with Crippen molar-refractivity contribution in [3.8, 4) is 0 Å². The minimum Gasteiger partial charge on any atom is -0.508 e. The second-order valence-electron chi connectivity index (χ2n) is 5.05. The van der Waals surface area contributed by atoms with Crippen LogP contribution in [0.1, 0.15) is 6.42 Å². The van der Waals surface area contributed by atoms with Crippen molar-refractivity contribution in [3.05, 3.63) is 84.7 Å². The highest BCUT2D eigenvalue weighted by Crippen LogP contribution is 2.50. The first-order valence-electron chi connectivity index (χ1n) is 6.90. The molecule has 0 bridgehead atoms. The van der Waals surface area contributed by atoms with Crippen molar-refractivity contribution < 1.29 is 10.2 Å². The SMILES string of the molecule is OC1=CCC(O)(P(c2ccccc2)c2ccccc2)C=C1. The predicted octanol–water partition coefficient (Wildman–Crippen LogP) is 3.21. The van der Waals surface area contributed by atoms with Gasteiger partial charge in [-0.15, -0.1) is 0 Å². The molecule has 2 aromatic carbocycles. The molecular formula is C18H17O2P. The molecule has 0 fully saturated rings. The van der Waals surface area contributed by atoms with Crippen LogP contribution >= 0.6 is 7.92 Å². The maximum atomic E-state index is 11.1. The number of hydrogen-bond acceptors (Lipinski definition) is 2. The zero-order valence-corrected chi connectivity index (χ0v) is 12.4. The van der Waals surface area contributed by atoms with Gasteiger partial charge in [-0.25, -0.2) is 0 Å². The van der Waals surface area contributed by atoms with E-state index in [1.807, 2.05) is 36.4 Å². The van der Waals surface area contributed by atoms with E-state index in [0.29, 0.717) is 6.42 Å². The average Bonchev–Trinajstić information content (AvgIpc) is 2.53. The van der Waals surface area contributed by atoms with Crippen LogP contribution in [0.2, 0.25) is 0 Å². The van der Waals surface area contributed by atoms with Gasteiger partial charge in [0.15, 0.2) is 0 Å². The van der Waals surface area contributed by atoms with Crippen LogP contribution in [0.3, 0.4) is 0 Å². The van der Waals surface area contributed by atoms with Gasteiger partial charge in [-0.1, -0.05) is 60.7 Å². The Hall–Kier alpha value is -1.89. The van der Waals surface area contributed by atoms with E-state index in [-0.39, 0.29) is 5.76 Å². The third-order valence-corrected chi connectivity index (χ3v) is 6.28. The van der Waals surface area contributed by atoms with Crippen LogP contribution in [0.15, 0.2) is 84.7 Å². The lowest BCUT2D eigenvalue weighted by atomic mass is 10.1. The highest BCUT2D eigenvalue weighted by molar-refractivity contribution is 7.74. The summed E-state index contributed by atoms with van der Waals surface area (Å²) in [6.45, 7) is 0. The van der Waals surface area contributed by atoms with Crippen molar-refractivity contribution in [3.63, 3.8) is 0 Å². The number of benzene rings is 2. The summed E-state index contributed by atoms with van der Waals surface area (Å²) in [7, 11) is -0.957. The molecular weight excluding hydrogens is 279 g/mol. The predicted molar refractivity (Wildman–Crippen MR) is 88.5 cm³/mol. The van der Waals surface area contributed by atoms with E-state index in [0.717, 1.165) is 10.6 Å². The monoisotopic (exact) mass is 296 g/mol. The molecule has 0 saturated carbocycles. The van der Waals surface area contributed by atoms with Gasteiger partial charge in [0.2, 0.25) is 0 Å². The summed E-state index contributed by atoms with van der Waals surface area (Å²) in [6, 6.07) is 20.2. The van der Waals surface area contributed by atoms with Crippen LogP contribution < -0.4 is 10.6 Å². The zero-order valence-electron chi connectivity index (χ0n) is 11.6. The van der Waals surface area contributed by atoms with Crippen molar-refractivity contribution in [2.24, 2.45) is 0 Å². The van der Waals surface area contributed by atoms with Crippen molar-refractivity contribution in [1.29, 1.82) is 0 Å². The molecule has 2 aromatic rings. The quantitative estimate of drug-likeness (QED) is 0.854. The van der Waals surface area contributed by atoms with Gasteiger partial charge < -0.3 is 10.2 Å². The van der Waals surface area contributed by atoms with Crippen LogP contribution in [-0.2, 0) is 0 Å². The molecule has 1 atom stereocenters. The minimum absolute atomic E-state index is 0.218. The molecule has 2 N–H and O–H groups in total. The van der Waals surface area contributed by atoms with Crippen molar-refractivity contribution >= 4 is 18.5 Å². The Morgan fingerprint density at radius 3 is 1.81 bits per heavy atom. The summed E-state index contributed by atoms with van der Waals surface area (Å²) >= 11 is 0. The van der Waals surface area contributed by atoms with E-state index < -0.39 is 13.3 Å². The molecule has 0 aliphatic heterocycles. The third-order valence-electron chi connectivity index (χ3n) is 3.55. The third kappa shape index (κ3) is 2.92. The number of rotatable bonds is 3. The molecule has 1 aliphatic rings. The molecule has 21 heavy (non-hydrogen) atoms. The van der Waals surface area contributed by atoms with E-state index in [4.69, 9.17) is 0 Å². The smallest absolute Gasteiger partial charge is 0.114 e. The second kappa shape index (κ2) is 5.85. The van der Waals surface area contributed by atoms with Gasteiger partial charge in [0, 0.05) is 6.42 Å². The fraction of sp³-hybridized carbons (Fsp3) is 0.111. The number of allylic oxidation sites excluding steroid dienone is 1. The van der Waals surface area contributed by atoms with E-state index >= 15 is 0 Å². The first-order chi connectivity index (χ1) is 10.2. The lowest BCUT2D eigenvalue weighted by molar-refractivity contribution is 0.182. The fourth-order valence-corrected chi connectivity index (χ4v) is 5.16. The summed E-state index contributed by atoms with van der Waals surface area (Å²) in [6.07, 6.45) is 5.42. The summed E-state index contributed by atoms with van der Waals surface area (Å²) in [5.41, 5.74) is 0. The molecule has 0 spiro atoms. The van der Waals surface area contributed by atoms with Crippen LogP contribution in [0.25, 0.3) is 0 Å². The molecule has 0 radical (unpaired) electrons. The van der Waals surface area contributed by atoms with Gasteiger partial charge in [-0.05, 0) is 36.8 Å². The Kier molecular flexibility index (Phi) is 3.92. The van der Waals surface area contributed by atoms with Gasteiger partial charge in [0.25, 0.3) is 0 Å². The normalized spacial score (nSPS) is 21.3. The van der Waals surface area contributed by atoms with Crippen molar-refractivity contribution in [2.75, 3.05) is 0 Å². The van der Waals surface area contributed by atoms with E-state index in [9.17, 15) is 10.2 Å². The summed E-state index contributed by atoms with van der Waals surface area (Å²) in [4.78, 5) is 0. The molecule has 0 saturated heterocycles. The standard InChI is InChI=1S/C18H17O2P/c19-15-11-13-18(20,14-12-15)21(16-7-3-1-4-8-16)17-9-5-2-6-10-17/h1-13,19-20H,14H2. The Morgan fingerprint density at radius 1 is 0.857 bits per heavy atom. The van der Waals surface area contributed by atoms with Gasteiger partial charge in [0.05, 0.1) is 0 Å². The van der Waals surface area contributed by atoms with Gasteiger partial charge in [0.1, 0.15) is 11.1 Å². The zero-order chi connectivity index (χ0) is 14.7. The minimum atomic E-state index is -0.968. The molecule has 1 aliphatic carbocycles. The molecule has 0 aromatic heterocycles. The Morgan fingerprint density at radius 2 is 1.38 bits per heavy atom. The molecule has 3 rings (SSSR count). The molecule has 2 nitrogen and oxygen atoms in total. The van der Waals surface area contributed by atoms with Crippen LogP contribution in [0, 0.1) is 0 Å². The fourth-order valence-electron chi connectivity index (χ4n) is 2.53. The van der Waals surface area contributed by atoms with Crippen LogP contribution in [-0.4, -0.2) is 15.6 Å². The lowest BCUT2D eigenvalue weighted by Gasteiger charge is -2.35. The van der Waals surface area contributed by atoms with Crippen molar-refractivity contribution in [2.45, 2.75) is 11.8 Å². The first-order valence-corrected chi connectivity index (χ1v) is 8.24. The van der Waals surface area contributed by atoms with E-state index in [2.05, 4.69) is 24.3 Å². The number of aliphatic hydroxyl groups is 2. The molecule has 106 valence electrons. The molecule has 0 amide bonds. The average molecular weight is 296 g/mol. The highest BCUT2D eigenvalue weighted by atomic mass is 31.1. The number of aliphatic hydroxyl groups excluding tert-OH is 1. The summed E-state index contributed by atoms with van der Waals surface area (Å²) in [5.74, 6) is 0.218. The van der Waals surface area contributed by atoms with E-state index in [1.54, 1.807) is 18.2 Å². The number of hydrogen-bond donors (Lipinski definition) is 2. The van der Waals surface area contributed by atoms with Gasteiger partial charge in [-0.2, -0.15) is 0 Å². The Balaban J connectivity index is 2.08. The highest BCUT2D eigenvalue weighted by Gasteiger charge is 2.36. The maximum Gasteiger partial charge on any atom is 0.114 e. The summed E-state index contributed by atoms with van der Waals surface area (Å²) in [5, 5.41) is 22.0. The Labute approximate surface area is 125 Å². The molecule has 0 heterocycles. The largest absolute Gasteiger partial charge is 0.508 e. The first kappa shape index (κ1) is 14.1. The van der Waals surface area contributed by atoms with Gasteiger partial charge >= 0.3 is 0 Å². The molecule has 3 heteroatoms. The topological polar surface area (TPSA) is 40.5 Å². The van der Waals surface area contributed by atoms with Gasteiger partial charge in [-0.3, -0.25) is 0 Å². The van der Waals surface area contributed by atoms with Crippen molar-refractivity contribution in [1.82, 2.24) is 0 Å². The Bertz CT molecular complexity index is 625. The second-order valence-corrected chi connectivity index (χ2v) is 7.53.